The monoisotopic (exact) mass is 504 g/mol. The number of carbonyl (C=O) groups is 3. The average molecular weight is 505 g/mol. The zero-order chi connectivity index (χ0) is 26.3. The first-order valence-electron chi connectivity index (χ1n) is 11.6. The second-order valence-corrected chi connectivity index (χ2v) is 8.89. The van der Waals surface area contributed by atoms with E-state index < -0.39 is 47.0 Å². The van der Waals surface area contributed by atoms with Gasteiger partial charge in [-0.15, -0.1) is 0 Å². The number of benzene rings is 3. The Morgan fingerprint density at radius 2 is 1.62 bits per heavy atom. The van der Waals surface area contributed by atoms with Crippen LogP contribution in [0.5, 0.6) is 11.5 Å². The first-order chi connectivity index (χ1) is 17.9. The van der Waals surface area contributed by atoms with Crippen LogP contribution in [0.15, 0.2) is 72.8 Å². The Labute approximate surface area is 212 Å². The van der Waals surface area contributed by atoms with E-state index in [0.29, 0.717) is 22.6 Å². The van der Waals surface area contributed by atoms with Crippen LogP contribution in [-0.4, -0.2) is 39.1 Å². The maximum atomic E-state index is 14.0. The number of imide groups is 1. The van der Waals surface area contributed by atoms with Gasteiger partial charge in [-0.2, -0.15) is 0 Å². The topological polar surface area (TPSA) is 94.2 Å². The molecule has 2 amide bonds. The molecule has 2 saturated heterocycles. The lowest BCUT2D eigenvalue weighted by Crippen LogP contribution is -2.53. The van der Waals surface area contributed by atoms with E-state index in [1.165, 1.54) is 45.6 Å². The number of hydrogen-bond donors (Lipinski definition) is 1. The largest absolute Gasteiger partial charge is 0.497 e. The Balaban J connectivity index is 1.74. The van der Waals surface area contributed by atoms with Gasteiger partial charge in [0.2, 0.25) is 11.8 Å². The van der Waals surface area contributed by atoms with Crippen LogP contribution in [0.2, 0.25) is 0 Å². The molecule has 37 heavy (non-hydrogen) atoms. The van der Waals surface area contributed by atoms with Crippen molar-refractivity contribution in [3.05, 3.63) is 89.7 Å². The van der Waals surface area contributed by atoms with E-state index >= 15 is 0 Å². The van der Waals surface area contributed by atoms with Gasteiger partial charge in [0.1, 0.15) is 17.3 Å². The molecule has 0 bridgehead atoms. The predicted molar refractivity (Wildman–Crippen MR) is 131 cm³/mol. The fraction of sp³-hybridized carbons (Fsp3) is 0.250. The molecule has 1 N–H and O–H groups in total. The first-order valence-corrected chi connectivity index (χ1v) is 11.6. The quantitative estimate of drug-likeness (QED) is 0.406. The average Bonchev–Trinajstić information content (AvgIpc) is 3.43. The smallest absolute Gasteiger partial charge is 0.331 e. The molecule has 3 aromatic carbocycles. The van der Waals surface area contributed by atoms with Gasteiger partial charge in [0.15, 0.2) is 5.54 Å². The molecule has 190 valence electrons. The minimum absolute atomic E-state index is 0.220. The zero-order valence-corrected chi connectivity index (χ0v) is 20.4. The Bertz CT molecular complexity index is 1360. The molecule has 2 aliphatic rings. The number of ether oxygens (including phenoxy) is 3. The van der Waals surface area contributed by atoms with Gasteiger partial charge in [0.25, 0.3) is 0 Å². The summed E-state index contributed by atoms with van der Waals surface area (Å²) in [4.78, 5) is 42.6. The van der Waals surface area contributed by atoms with Crippen LogP contribution >= 0.6 is 0 Å². The number of nitrogens with one attached hydrogen (secondary N) is 1. The summed E-state index contributed by atoms with van der Waals surface area (Å²) in [6.07, 6.45) is 0. The fourth-order valence-corrected chi connectivity index (χ4v) is 5.53. The van der Waals surface area contributed by atoms with Crippen LogP contribution in [0.1, 0.15) is 17.2 Å². The van der Waals surface area contributed by atoms with Crippen molar-refractivity contribution in [2.45, 2.75) is 11.6 Å². The summed E-state index contributed by atoms with van der Waals surface area (Å²) in [7, 11) is 4.25. The summed E-state index contributed by atoms with van der Waals surface area (Å²) in [6.45, 7) is 0. The Kier molecular flexibility index (Phi) is 6.16. The Morgan fingerprint density at radius 3 is 2.24 bits per heavy atom. The highest BCUT2D eigenvalue weighted by molar-refractivity contribution is 6.24. The lowest BCUT2D eigenvalue weighted by Gasteiger charge is -2.33. The van der Waals surface area contributed by atoms with Crippen molar-refractivity contribution in [1.29, 1.82) is 0 Å². The molecular weight excluding hydrogens is 479 g/mol. The van der Waals surface area contributed by atoms with Gasteiger partial charge in [0, 0.05) is 17.7 Å². The number of carbonyl (C=O) groups excluding carboxylic acids is 3. The van der Waals surface area contributed by atoms with Gasteiger partial charge < -0.3 is 14.2 Å². The normalized spacial score (nSPS) is 24.6. The van der Waals surface area contributed by atoms with E-state index in [2.05, 4.69) is 5.32 Å². The molecule has 0 spiro atoms. The zero-order valence-electron chi connectivity index (χ0n) is 20.4. The van der Waals surface area contributed by atoms with Crippen molar-refractivity contribution in [2.24, 2.45) is 11.8 Å². The van der Waals surface area contributed by atoms with Crippen molar-refractivity contribution in [3.63, 3.8) is 0 Å². The molecule has 4 atom stereocenters. The van der Waals surface area contributed by atoms with Crippen molar-refractivity contribution < 1.29 is 33.0 Å². The maximum Gasteiger partial charge on any atom is 0.331 e. The van der Waals surface area contributed by atoms with E-state index in [1.54, 1.807) is 48.5 Å². The highest BCUT2D eigenvalue weighted by atomic mass is 19.1. The van der Waals surface area contributed by atoms with Gasteiger partial charge in [0.05, 0.1) is 38.9 Å². The SMILES string of the molecule is COC(=O)[C@]1(c2ccccc2)N[C@H](c2ccc(OC)cc2OC)[C@@H]2C(=O)N(c3ccc(F)cc3)C(=O)[C@H]21. The molecule has 8 nitrogen and oxygen atoms in total. The van der Waals surface area contributed by atoms with Crippen molar-refractivity contribution >= 4 is 23.5 Å². The lowest BCUT2D eigenvalue weighted by molar-refractivity contribution is -0.152. The van der Waals surface area contributed by atoms with Crippen molar-refractivity contribution in [2.75, 3.05) is 26.2 Å². The third kappa shape index (κ3) is 3.65. The minimum atomic E-state index is -1.67. The first kappa shape index (κ1) is 24.5. The van der Waals surface area contributed by atoms with Crippen LogP contribution in [0.25, 0.3) is 0 Å². The Hall–Kier alpha value is -4.24. The number of amides is 2. The van der Waals surface area contributed by atoms with Crippen LogP contribution in [0.4, 0.5) is 10.1 Å². The number of halogens is 1. The van der Waals surface area contributed by atoms with Gasteiger partial charge in [-0.05, 0) is 35.9 Å². The number of anilines is 1. The number of nitrogens with zero attached hydrogens (tertiary/aromatic N) is 1. The summed E-state index contributed by atoms with van der Waals surface area (Å²) in [5, 5.41) is 3.32. The molecule has 5 rings (SSSR count). The van der Waals surface area contributed by atoms with Crippen LogP contribution in [-0.2, 0) is 24.7 Å². The van der Waals surface area contributed by atoms with Crippen molar-refractivity contribution in [1.82, 2.24) is 5.32 Å². The lowest BCUT2D eigenvalue weighted by atomic mass is 9.75. The standard InChI is InChI=1S/C28H25FN2O6/c1-35-19-13-14-20(21(15-19)36-2)24-22-23(26(33)31(25(22)32)18-11-9-17(29)10-12-18)28(30-24,27(34)37-3)16-7-5-4-6-8-16/h4-15,22-24,30H,1-3H3/t22-,23+,24-,28-/m1/s1. The minimum Gasteiger partial charge on any atom is -0.497 e. The summed E-state index contributed by atoms with van der Waals surface area (Å²) in [5.74, 6) is -3.47. The maximum absolute atomic E-state index is 14.0. The number of fused-ring (bicyclic) bond motifs is 1. The second kappa shape index (κ2) is 9.33. The van der Waals surface area contributed by atoms with Crippen LogP contribution in [0, 0.1) is 17.7 Å². The number of hydrogen-bond acceptors (Lipinski definition) is 7. The molecule has 0 unspecified atom stereocenters. The van der Waals surface area contributed by atoms with E-state index in [0.717, 1.165) is 4.90 Å². The van der Waals surface area contributed by atoms with Crippen LogP contribution < -0.4 is 19.7 Å². The Morgan fingerprint density at radius 1 is 0.919 bits per heavy atom. The predicted octanol–water partition coefficient (Wildman–Crippen LogP) is 3.36. The highest BCUT2D eigenvalue weighted by Gasteiger charge is 2.70. The molecule has 0 radical (unpaired) electrons. The van der Waals surface area contributed by atoms with E-state index in [-0.39, 0.29) is 5.69 Å². The van der Waals surface area contributed by atoms with Gasteiger partial charge in [-0.3, -0.25) is 14.9 Å². The fourth-order valence-electron chi connectivity index (χ4n) is 5.53. The molecule has 2 fully saturated rings. The van der Waals surface area contributed by atoms with E-state index in [9.17, 15) is 18.8 Å². The summed E-state index contributed by atoms with van der Waals surface area (Å²) in [5.41, 5.74) is -0.397. The number of rotatable bonds is 6. The molecule has 2 heterocycles. The van der Waals surface area contributed by atoms with Crippen LogP contribution in [0.3, 0.4) is 0 Å². The molecule has 0 aromatic heterocycles. The van der Waals surface area contributed by atoms with Crippen molar-refractivity contribution in [3.8, 4) is 11.5 Å². The molecule has 9 heteroatoms. The number of methoxy groups -OCH3 is 3. The van der Waals surface area contributed by atoms with Gasteiger partial charge in [-0.1, -0.05) is 36.4 Å². The molecule has 3 aromatic rings. The summed E-state index contributed by atoms with van der Waals surface area (Å²) in [6, 6.07) is 18.1. The molecule has 0 aliphatic carbocycles. The van der Waals surface area contributed by atoms with E-state index in [1.807, 2.05) is 0 Å². The summed E-state index contributed by atoms with van der Waals surface area (Å²) < 4.78 is 29.8. The highest BCUT2D eigenvalue weighted by Crippen LogP contribution is 2.55. The third-order valence-electron chi connectivity index (χ3n) is 7.16. The molecule has 0 saturated carbocycles. The van der Waals surface area contributed by atoms with Gasteiger partial charge >= 0.3 is 5.97 Å². The number of esters is 1. The van der Waals surface area contributed by atoms with E-state index in [4.69, 9.17) is 14.2 Å². The molecular formula is C28H25FN2O6. The molecule has 2 aliphatic heterocycles. The summed E-state index contributed by atoms with van der Waals surface area (Å²) >= 11 is 0. The second-order valence-electron chi connectivity index (χ2n) is 8.89. The van der Waals surface area contributed by atoms with Gasteiger partial charge in [-0.25, -0.2) is 14.1 Å². The third-order valence-corrected chi connectivity index (χ3v) is 7.16.